The van der Waals surface area contributed by atoms with Crippen LogP contribution in [0.15, 0.2) is 54.6 Å². The molecule has 0 saturated carbocycles. The SMILES string of the molecule is CC(C)CC[C@]1(C2C=CC(F)=CC2)NC(=N)N(C(COC(C)C)c2ccc(C(F)(F)F)c(C(=O)N3Cc4nccnc4C3)c2)C1=O. The molecule has 2 amide bonds. The maximum absolute atomic E-state index is 14.5. The summed E-state index contributed by atoms with van der Waals surface area (Å²) in [6.07, 6.45) is 3.32. The lowest BCUT2D eigenvalue weighted by Crippen LogP contribution is -2.53. The molecule has 1 aliphatic carbocycles. The number of hydrogen-bond donors (Lipinski definition) is 2. The number of ether oxygens (including phenoxy) is 1. The molecule has 3 aliphatic rings. The maximum Gasteiger partial charge on any atom is 0.417 e. The van der Waals surface area contributed by atoms with E-state index in [0.29, 0.717) is 24.2 Å². The fourth-order valence-electron chi connectivity index (χ4n) is 6.21. The van der Waals surface area contributed by atoms with E-state index in [2.05, 4.69) is 15.3 Å². The number of amides is 2. The van der Waals surface area contributed by atoms with Crippen LogP contribution in [0, 0.1) is 17.2 Å². The quantitative estimate of drug-likeness (QED) is 0.304. The van der Waals surface area contributed by atoms with Gasteiger partial charge in [0, 0.05) is 18.3 Å². The molecule has 2 aromatic rings. The minimum Gasteiger partial charge on any atom is -0.376 e. The molecule has 0 spiro atoms. The van der Waals surface area contributed by atoms with Gasteiger partial charge in [-0.1, -0.05) is 26.0 Å². The van der Waals surface area contributed by atoms with Crippen molar-refractivity contribution in [2.24, 2.45) is 11.8 Å². The van der Waals surface area contributed by atoms with Crippen molar-refractivity contribution in [3.63, 3.8) is 0 Å². The third-order valence-corrected chi connectivity index (χ3v) is 8.68. The lowest BCUT2D eigenvalue weighted by atomic mass is 9.75. The second-order valence-electron chi connectivity index (χ2n) is 12.7. The smallest absolute Gasteiger partial charge is 0.376 e. The van der Waals surface area contributed by atoms with Crippen LogP contribution in [0.5, 0.6) is 0 Å². The first-order valence-corrected chi connectivity index (χ1v) is 15.4. The number of hydrogen-bond acceptors (Lipinski definition) is 6. The van der Waals surface area contributed by atoms with E-state index in [-0.39, 0.29) is 49.7 Å². The zero-order valence-corrected chi connectivity index (χ0v) is 26.2. The van der Waals surface area contributed by atoms with Crippen molar-refractivity contribution >= 4 is 17.8 Å². The fraction of sp³-hybridized carbons (Fsp3) is 0.485. The van der Waals surface area contributed by atoms with Gasteiger partial charge in [-0.2, -0.15) is 13.2 Å². The van der Waals surface area contributed by atoms with Crippen molar-refractivity contribution in [2.45, 2.75) is 83.9 Å². The molecule has 3 heterocycles. The third kappa shape index (κ3) is 6.55. The van der Waals surface area contributed by atoms with Gasteiger partial charge in [-0.05, 0) is 68.9 Å². The van der Waals surface area contributed by atoms with Crippen LogP contribution in [0.1, 0.15) is 85.9 Å². The number of allylic oxidation sites excluding steroid dienone is 3. The van der Waals surface area contributed by atoms with Crippen LogP contribution < -0.4 is 5.32 Å². The first kappa shape index (κ1) is 33.2. The highest BCUT2D eigenvalue weighted by atomic mass is 19.4. The molecule has 2 unspecified atom stereocenters. The van der Waals surface area contributed by atoms with E-state index in [4.69, 9.17) is 10.1 Å². The van der Waals surface area contributed by atoms with Gasteiger partial charge in [0.1, 0.15) is 11.4 Å². The Bertz CT molecular complexity index is 1550. The number of nitrogens with zero attached hydrogens (tertiary/aromatic N) is 4. The number of carbonyl (C=O) groups excluding carboxylic acids is 2. The molecule has 2 aliphatic heterocycles. The first-order chi connectivity index (χ1) is 21.7. The van der Waals surface area contributed by atoms with Gasteiger partial charge in [-0.25, -0.2) is 4.39 Å². The summed E-state index contributed by atoms with van der Waals surface area (Å²) in [5, 5.41) is 12.1. The van der Waals surface area contributed by atoms with E-state index in [1.165, 1.54) is 40.4 Å². The van der Waals surface area contributed by atoms with Gasteiger partial charge in [-0.15, -0.1) is 0 Å². The van der Waals surface area contributed by atoms with Gasteiger partial charge in [0.05, 0.1) is 54.4 Å². The Morgan fingerprint density at radius 3 is 2.39 bits per heavy atom. The van der Waals surface area contributed by atoms with E-state index in [1.807, 2.05) is 13.8 Å². The molecule has 3 atom stereocenters. The number of aromatic nitrogens is 2. The Labute approximate surface area is 265 Å². The summed E-state index contributed by atoms with van der Waals surface area (Å²) in [4.78, 5) is 39.1. The molecule has 1 aromatic heterocycles. The zero-order chi connectivity index (χ0) is 33.4. The lowest BCUT2D eigenvalue weighted by molar-refractivity contribution is -0.138. The molecule has 13 heteroatoms. The summed E-state index contributed by atoms with van der Waals surface area (Å²) in [5.41, 5.74) is -1.76. The number of rotatable bonds is 10. The average Bonchev–Trinajstić information content (AvgIpc) is 3.54. The zero-order valence-electron chi connectivity index (χ0n) is 26.2. The molecular formula is C33H38F4N6O3. The Hall–Kier alpha value is -4.13. The number of fused-ring (bicyclic) bond motifs is 1. The first-order valence-electron chi connectivity index (χ1n) is 15.4. The second kappa shape index (κ2) is 12.9. The highest BCUT2D eigenvalue weighted by molar-refractivity contribution is 6.08. The van der Waals surface area contributed by atoms with E-state index in [9.17, 15) is 27.2 Å². The molecule has 9 nitrogen and oxygen atoms in total. The highest BCUT2D eigenvalue weighted by Crippen LogP contribution is 2.41. The maximum atomic E-state index is 14.5. The van der Waals surface area contributed by atoms with Crippen LogP contribution in [0.3, 0.4) is 0 Å². The largest absolute Gasteiger partial charge is 0.417 e. The Morgan fingerprint density at radius 2 is 1.83 bits per heavy atom. The standard InChI is InChI=1S/C33H38F4N6O3/c1-19(2)11-12-32(22-6-8-23(34)9-7-22)30(45)43(31(38)41-32)28(18-46-20(3)4)21-5-10-25(33(35,36)37)24(15-21)29(44)42-16-26-27(17-42)40-14-13-39-26/h5-6,8-10,13-15,19-20,22,28H,7,11-12,16-18H2,1-4H3,(H2,38,41)/t22?,28?,32-/m1/s1. The number of carbonyl (C=O) groups is 2. The van der Waals surface area contributed by atoms with Crippen LogP contribution in [0.4, 0.5) is 17.6 Å². The van der Waals surface area contributed by atoms with E-state index in [1.54, 1.807) is 19.9 Å². The van der Waals surface area contributed by atoms with Crippen molar-refractivity contribution in [1.82, 2.24) is 25.1 Å². The Kier molecular flexibility index (Phi) is 9.35. The summed E-state index contributed by atoms with van der Waals surface area (Å²) in [5.74, 6) is -2.22. The molecule has 46 heavy (non-hydrogen) atoms. The monoisotopic (exact) mass is 642 g/mol. The fourth-order valence-corrected chi connectivity index (χ4v) is 6.21. The van der Waals surface area contributed by atoms with E-state index >= 15 is 0 Å². The molecule has 1 saturated heterocycles. The average molecular weight is 643 g/mol. The third-order valence-electron chi connectivity index (χ3n) is 8.68. The van der Waals surface area contributed by atoms with Crippen LogP contribution in [0.2, 0.25) is 0 Å². The highest BCUT2D eigenvalue weighted by Gasteiger charge is 2.55. The van der Waals surface area contributed by atoms with Crippen molar-refractivity contribution < 1.29 is 31.9 Å². The van der Waals surface area contributed by atoms with Crippen molar-refractivity contribution in [2.75, 3.05) is 6.61 Å². The van der Waals surface area contributed by atoms with Crippen molar-refractivity contribution in [3.8, 4) is 0 Å². The summed E-state index contributed by atoms with van der Waals surface area (Å²) in [7, 11) is 0. The van der Waals surface area contributed by atoms with Crippen molar-refractivity contribution in [1.29, 1.82) is 5.41 Å². The van der Waals surface area contributed by atoms with Gasteiger partial charge in [0.25, 0.3) is 11.8 Å². The van der Waals surface area contributed by atoms with Gasteiger partial charge < -0.3 is 15.0 Å². The molecular weight excluding hydrogens is 604 g/mol. The number of halogens is 4. The molecule has 246 valence electrons. The number of alkyl halides is 3. The second-order valence-corrected chi connectivity index (χ2v) is 12.7. The topological polar surface area (TPSA) is 112 Å². The summed E-state index contributed by atoms with van der Waals surface area (Å²) in [6.45, 7) is 7.44. The van der Waals surface area contributed by atoms with Crippen LogP contribution in [-0.4, -0.2) is 55.8 Å². The molecule has 1 aromatic carbocycles. The summed E-state index contributed by atoms with van der Waals surface area (Å²) < 4.78 is 62.7. The molecule has 5 rings (SSSR count). The number of benzene rings is 1. The van der Waals surface area contributed by atoms with Crippen LogP contribution in [-0.2, 0) is 28.8 Å². The number of nitrogens with one attached hydrogen (secondary N) is 2. The Balaban J connectivity index is 1.55. The van der Waals surface area contributed by atoms with E-state index in [0.717, 1.165) is 12.1 Å². The van der Waals surface area contributed by atoms with Gasteiger partial charge >= 0.3 is 6.18 Å². The molecule has 2 N–H and O–H groups in total. The Morgan fingerprint density at radius 1 is 1.15 bits per heavy atom. The summed E-state index contributed by atoms with van der Waals surface area (Å²) in [6, 6.07) is 2.18. The molecule has 0 bridgehead atoms. The van der Waals surface area contributed by atoms with E-state index < -0.39 is 52.4 Å². The minimum atomic E-state index is -4.84. The predicted octanol–water partition coefficient (Wildman–Crippen LogP) is 6.09. The van der Waals surface area contributed by atoms with Crippen LogP contribution in [0.25, 0.3) is 0 Å². The molecule has 0 radical (unpaired) electrons. The lowest BCUT2D eigenvalue weighted by Gasteiger charge is -2.36. The van der Waals surface area contributed by atoms with Gasteiger partial charge in [-0.3, -0.25) is 29.9 Å². The van der Waals surface area contributed by atoms with Gasteiger partial charge in [0.2, 0.25) is 0 Å². The van der Waals surface area contributed by atoms with Gasteiger partial charge in [0.15, 0.2) is 5.96 Å². The minimum absolute atomic E-state index is 0.00488. The molecule has 1 fully saturated rings. The predicted molar refractivity (Wildman–Crippen MR) is 162 cm³/mol. The van der Waals surface area contributed by atoms with Crippen LogP contribution >= 0.6 is 0 Å². The summed E-state index contributed by atoms with van der Waals surface area (Å²) >= 11 is 0. The normalized spacial score (nSPS) is 22.0. The number of guanidine groups is 1. The van der Waals surface area contributed by atoms with Crippen molar-refractivity contribution in [3.05, 3.63) is 82.7 Å².